The van der Waals surface area contributed by atoms with E-state index in [0.29, 0.717) is 13.1 Å². The van der Waals surface area contributed by atoms with Gasteiger partial charge in [0.05, 0.1) is 13.1 Å². The summed E-state index contributed by atoms with van der Waals surface area (Å²) in [4.78, 5) is 13.3. The number of carbonyl (C=O) groups is 1. The molecule has 1 saturated heterocycles. The van der Waals surface area contributed by atoms with E-state index in [-0.39, 0.29) is 5.92 Å². The predicted molar refractivity (Wildman–Crippen MR) is 57.1 cm³/mol. The van der Waals surface area contributed by atoms with Gasteiger partial charge in [-0.3, -0.25) is 9.69 Å². The van der Waals surface area contributed by atoms with Gasteiger partial charge in [-0.2, -0.15) is 0 Å². The highest BCUT2D eigenvalue weighted by Gasteiger charge is 2.59. The standard InChI is InChI=1S/C11H19NO4/c1-10(9(13)14,8-4-5-8)12-6-11(7-12,15-2)16-3/h8H,4-7H2,1-3H3,(H,13,14). The fraction of sp³-hybridized carbons (Fsp3) is 0.909. The van der Waals surface area contributed by atoms with Gasteiger partial charge in [-0.15, -0.1) is 0 Å². The van der Waals surface area contributed by atoms with Gasteiger partial charge < -0.3 is 14.6 Å². The lowest BCUT2D eigenvalue weighted by Gasteiger charge is -2.53. The van der Waals surface area contributed by atoms with Crippen molar-refractivity contribution >= 4 is 5.97 Å². The summed E-state index contributed by atoms with van der Waals surface area (Å²) in [6.07, 6.45) is 2.01. The summed E-state index contributed by atoms with van der Waals surface area (Å²) in [5, 5.41) is 9.37. The molecule has 92 valence electrons. The molecular formula is C11H19NO4. The molecule has 1 N–H and O–H groups in total. The van der Waals surface area contributed by atoms with Crippen LogP contribution in [0.25, 0.3) is 0 Å². The number of hydrogen-bond acceptors (Lipinski definition) is 4. The van der Waals surface area contributed by atoms with Crippen LogP contribution in [0.1, 0.15) is 19.8 Å². The fourth-order valence-electron chi connectivity index (χ4n) is 2.42. The van der Waals surface area contributed by atoms with Crippen LogP contribution in [0.4, 0.5) is 0 Å². The Labute approximate surface area is 95.3 Å². The summed E-state index contributed by atoms with van der Waals surface area (Å²) in [6.45, 7) is 2.86. The summed E-state index contributed by atoms with van der Waals surface area (Å²) in [5.74, 6) is -1.07. The van der Waals surface area contributed by atoms with Crippen molar-refractivity contribution in [1.29, 1.82) is 0 Å². The van der Waals surface area contributed by atoms with E-state index < -0.39 is 17.3 Å². The van der Waals surface area contributed by atoms with E-state index in [0.717, 1.165) is 12.8 Å². The Hall–Kier alpha value is -0.650. The largest absolute Gasteiger partial charge is 0.480 e. The molecule has 2 rings (SSSR count). The molecule has 0 spiro atoms. The summed E-state index contributed by atoms with van der Waals surface area (Å²) in [6, 6.07) is 0. The first-order valence-corrected chi connectivity index (χ1v) is 5.57. The highest BCUT2D eigenvalue weighted by Crippen LogP contribution is 2.46. The van der Waals surface area contributed by atoms with Crippen LogP contribution in [0.2, 0.25) is 0 Å². The van der Waals surface area contributed by atoms with Crippen molar-refractivity contribution in [2.75, 3.05) is 27.3 Å². The minimum atomic E-state index is -0.749. The van der Waals surface area contributed by atoms with E-state index >= 15 is 0 Å². The van der Waals surface area contributed by atoms with Crippen molar-refractivity contribution in [1.82, 2.24) is 4.90 Å². The Balaban J connectivity index is 2.06. The molecule has 1 saturated carbocycles. The number of nitrogens with zero attached hydrogens (tertiary/aromatic N) is 1. The van der Waals surface area contributed by atoms with E-state index in [4.69, 9.17) is 9.47 Å². The molecule has 0 amide bonds. The second-order valence-electron chi connectivity index (χ2n) is 4.90. The number of ether oxygens (including phenoxy) is 2. The molecule has 0 bridgehead atoms. The molecule has 5 nitrogen and oxygen atoms in total. The molecular weight excluding hydrogens is 210 g/mol. The van der Waals surface area contributed by atoms with Gasteiger partial charge in [-0.25, -0.2) is 0 Å². The average molecular weight is 229 g/mol. The Kier molecular flexibility index (Phi) is 2.72. The van der Waals surface area contributed by atoms with Crippen LogP contribution in [0.5, 0.6) is 0 Å². The second kappa shape index (κ2) is 3.68. The Bertz CT molecular complexity index is 290. The van der Waals surface area contributed by atoms with E-state index in [1.807, 2.05) is 11.8 Å². The zero-order valence-corrected chi connectivity index (χ0v) is 10.0. The van der Waals surface area contributed by atoms with Gasteiger partial charge in [0.25, 0.3) is 0 Å². The molecule has 0 radical (unpaired) electrons. The maximum Gasteiger partial charge on any atom is 0.324 e. The zero-order valence-electron chi connectivity index (χ0n) is 10.0. The van der Waals surface area contributed by atoms with Gasteiger partial charge in [0.2, 0.25) is 0 Å². The quantitative estimate of drug-likeness (QED) is 0.697. The maximum absolute atomic E-state index is 11.4. The van der Waals surface area contributed by atoms with Crippen LogP contribution in [-0.4, -0.2) is 54.6 Å². The molecule has 16 heavy (non-hydrogen) atoms. The van der Waals surface area contributed by atoms with E-state index in [1.54, 1.807) is 14.2 Å². The van der Waals surface area contributed by atoms with E-state index in [1.165, 1.54) is 0 Å². The third-order valence-corrected chi connectivity index (χ3v) is 4.07. The first kappa shape index (κ1) is 11.8. The number of rotatable bonds is 5. The van der Waals surface area contributed by atoms with Gasteiger partial charge in [0.1, 0.15) is 5.54 Å². The molecule has 2 aliphatic rings. The third-order valence-electron chi connectivity index (χ3n) is 4.07. The van der Waals surface area contributed by atoms with Crippen LogP contribution < -0.4 is 0 Å². The molecule has 1 aliphatic carbocycles. The number of hydrogen-bond donors (Lipinski definition) is 1. The Morgan fingerprint density at radius 1 is 1.38 bits per heavy atom. The summed E-state index contributed by atoms with van der Waals surface area (Å²) < 4.78 is 10.5. The Morgan fingerprint density at radius 3 is 2.19 bits per heavy atom. The van der Waals surface area contributed by atoms with Gasteiger partial charge in [0.15, 0.2) is 5.79 Å². The van der Waals surface area contributed by atoms with Crippen LogP contribution in [0.3, 0.4) is 0 Å². The molecule has 0 aromatic carbocycles. The monoisotopic (exact) mass is 229 g/mol. The summed E-state index contributed by atoms with van der Waals surface area (Å²) >= 11 is 0. The highest BCUT2D eigenvalue weighted by molar-refractivity contribution is 5.79. The molecule has 1 heterocycles. The van der Waals surface area contributed by atoms with E-state index in [2.05, 4.69) is 0 Å². The minimum Gasteiger partial charge on any atom is -0.480 e. The lowest BCUT2D eigenvalue weighted by molar-refractivity contribution is -0.292. The molecule has 0 aromatic heterocycles. The molecule has 1 aliphatic heterocycles. The number of likely N-dealkylation sites (tertiary alicyclic amines) is 1. The molecule has 0 aromatic rings. The number of carboxylic acid groups (broad SMARTS) is 1. The van der Waals surface area contributed by atoms with Crippen molar-refractivity contribution in [2.45, 2.75) is 31.1 Å². The van der Waals surface area contributed by atoms with Gasteiger partial charge >= 0.3 is 5.97 Å². The van der Waals surface area contributed by atoms with Crippen LogP contribution in [0, 0.1) is 5.92 Å². The average Bonchev–Trinajstić information content (AvgIpc) is 3.00. The zero-order chi connectivity index (χ0) is 12.0. The van der Waals surface area contributed by atoms with Crippen molar-refractivity contribution in [2.24, 2.45) is 5.92 Å². The van der Waals surface area contributed by atoms with Crippen molar-refractivity contribution in [3.63, 3.8) is 0 Å². The maximum atomic E-state index is 11.4. The summed E-state index contributed by atoms with van der Waals surface area (Å²) in [7, 11) is 3.19. The smallest absolute Gasteiger partial charge is 0.324 e. The highest BCUT2D eigenvalue weighted by atomic mass is 16.7. The van der Waals surface area contributed by atoms with Gasteiger partial charge in [-0.1, -0.05) is 0 Å². The molecule has 5 heteroatoms. The topological polar surface area (TPSA) is 59.0 Å². The van der Waals surface area contributed by atoms with Crippen LogP contribution >= 0.6 is 0 Å². The third kappa shape index (κ3) is 1.54. The van der Waals surface area contributed by atoms with E-state index in [9.17, 15) is 9.90 Å². The lowest BCUT2D eigenvalue weighted by atomic mass is 9.88. The SMILES string of the molecule is COC1(OC)CN(C(C)(C(=O)O)C2CC2)C1. The van der Waals surface area contributed by atoms with Gasteiger partial charge in [-0.05, 0) is 25.7 Å². The van der Waals surface area contributed by atoms with Crippen LogP contribution in [0.15, 0.2) is 0 Å². The second-order valence-corrected chi connectivity index (χ2v) is 4.90. The predicted octanol–water partition coefficient (Wildman–Crippen LogP) is 0.544. The summed E-state index contributed by atoms with van der Waals surface area (Å²) in [5.41, 5.74) is -0.749. The normalized spacial score (nSPS) is 28.2. The van der Waals surface area contributed by atoms with Crippen LogP contribution in [-0.2, 0) is 14.3 Å². The fourth-order valence-corrected chi connectivity index (χ4v) is 2.42. The number of methoxy groups -OCH3 is 2. The molecule has 1 atom stereocenters. The number of aliphatic carboxylic acids is 1. The lowest BCUT2D eigenvalue weighted by Crippen LogP contribution is -2.72. The molecule has 1 unspecified atom stereocenters. The minimum absolute atomic E-state index is 0.275. The number of carboxylic acids is 1. The van der Waals surface area contributed by atoms with Crippen molar-refractivity contribution < 1.29 is 19.4 Å². The Morgan fingerprint density at radius 2 is 1.88 bits per heavy atom. The van der Waals surface area contributed by atoms with Crippen molar-refractivity contribution in [3.05, 3.63) is 0 Å². The first-order chi connectivity index (χ1) is 7.48. The van der Waals surface area contributed by atoms with Gasteiger partial charge in [0, 0.05) is 14.2 Å². The first-order valence-electron chi connectivity index (χ1n) is 5.57. The van der Waals surface area contributed by atoms with Crippen molar-refractivity contribution in [3.8, 4) is 0 Å². The molecule has 2 fully saturated rings.